The van der Waals surface area contributed by atoms with Crippen LogP contribution in [-0.2, 0) is 16.0 Å². The van der Waals surface area contributed by atoms with Gasteiger partial charge in [0.05, 0.1) is 5.75 Å². The van der Waals surface area contributed by atoms with Crippen LogP contribution in [0.25, 0.3) is 0 Å². The molecule has 0 aliphatic heterocycles. The monoisotopic (exact) mass is 376 g/mol. The zero-order valence-electron chi connectivity index (χ0n) is 15.0. The van der Waals surface area contributed by atoms with E-state index in [9.17, 15) is 9.59 Å². The van der Waals surface area contributed by atoms with Gasteiger partial charge in [-0.05, 0) is 32.3 Å². The molecule has 0 saturated carbocycles. The summed E-state index contributed by atoms with van der Waals surface area (Å²) in [5, 5.41) is 20.5. The standard InChI is InChI=1S/C18H24N4O3S/c1-13(2)22-12-19-21-18(22)26-11-16(23)20-15(8-9-17(24)25)10-14-6-4-3-5-7-14/h3-7,12-13,15H,8-11H2,1-2H3,(H,20,23)(H,24,25). The number of carboxylic acid groups (broad SMARTS) is 1. The first-order chi connectivity index (χ1) is 12.5. The lowest BCUT2D eigenvalue weighted by atomic mass is 10.0. The normalized spacial score (nSPS) is 12.1. The summed E-state index contributed by atoms with van der Waals surface area (Å²) in [5.74, 6) is -0.791. The third-order valence-electron chi connectivity index (χ3n) is 3.83. The molecular formula is C18H24N4O3S. The van der Waals surface area contributed by atoms with Gasteiger partial charge >= 0.3 is 5.97 Å². The molecule has 1 amide bonds. The van der Waals surface area contributed by atoms with Crippen LogP contribution in [0.3, 0.4) is 0 Å². The second-order valence-electron chi connectivity index (χ2n) is 6.29. The van der Waals surface area contributed by atoms with Gasteiger partial charge in [-0.1, -0.05) is 42.1 Å². The SMILES string of the molecule is CC(C)n1cnnc1SCC(=O)NC(CCC(=O)O)Cc1ccccc1. The second-order valence-corrected chi connectivity index (χ2v) is 7.23. The summed E-state index contributed by atoms with van der Waals surface area (Å²) in [7, 11) is 0. The molecule has 2 rings (SSSR count). The van der Waals surface area contributed by atoms with Crippen molar-refractivity contribution < 1.29 is 14.7 Å². The Morgan fingerprint density at radius 2 is 2.00 bits per heavy atom. The third kappa shape index (κ3) is 6.51. The van der Waals surface area contributed by atoms with E-state index in [4.69, 9.17) is 5.11 Å². The molecular weight excluding hydrogens is 352 g/mol. The molecule has 0 aliphatic rings. The number of carboxylic acids is 1. The summed E-state index contributed by atoms with van der Waals surface area (Å²) in [6, 6.07) is 9.73. The average Bonchev–Trinajstić information content (AvgIpc) is 3.07. The molecule has 1 unspecified atom stereocenters. The Morgan fingerprint density at radius 3 is 2.65 bits per heavy atom. The van der Waals surface area contributed by atoms with Crippen molar-refractivity contribution in [2.45, 2.75) is 50.4 Å². The Balaban J connectivity index is 1.92. The summed E-state index contributed by atoms with van der Waals surface area (Å²) in [6.45, 7) is 4.05. The molecule has 2 aromatic rings. The van der Waals surface area contributed by atoms with Crippen molar-refractivity contribution in [1.82, 2.24) is 20.1 Å². The first-order valence-corrected chi connectivity index (χ1v) is 9.51. The largest absolute Gasteiger partial charge is 0.481 e. The van der Waals surface area contributed by atoms with E-state index in [1.54, 1.807) is 6.33 Å². The topological polar surface area (TPSA) is 97.1 Å². The zero-order chi connectivity index (χ0) is 18.9. The zero-order valence-corrected chi connectivity index (χ0v) is 15.8. The fourth-order valence-corrected chi connectivity index (χ4v) is 3.37. The number of aliphatic carboxylic acids is 1. The Kier molecular flexibility index (Phi) is 7.65. The van der Waals surface area contributed by atoms with Crippen LogP contribution in [0.4, 0.5) is 0 Å². The van der Waals surface area contributed by atoms with E-state index in [0.29, 0.717) is 18.0 Å². The van der Waals surface area contributed by atoms with Crippen molar-refractivity contribution in [2.75, 3.05) is 5.75 Å². The number of thioether (sulfide) groups is 1. The molecule has 1 atom stereocenters. The summed E-state index contributed by atoms with van der Waals surface area (Å²) >= 11 is 1.32. The fourth-order valence-electron chi connectivity index (χ4n) is 2.51. The van der Waals surface area contributed by atoms with Crippen LogP contribution in [0.1, 0.15) is 38.3 Å². The minimum absolute atomic E-state index is 0.0204. The highest BCUT2D eigenvalue weighted by Gasteiger charge is 2.16. The number of amides is 1. The van der Waals surface area contributed by atoms with E-state index in [1.807, 2.05) is 48.7 Å². The van der Waals surface area contributed by atoms with Crippen molar-refractivity contribution in [1.29, 1.82) is 0 Å². The number of aromatic nitrogens is 3. The van der Waals surface area contributed by atoms with Crippen molar-refractivity contribution >= 4 is 23.6 Å². The Labute approximate surface area is 157 Å². The highest BCUT2D eigenvalue weighted by atomic mass is 32.2. The van der Waals surface area contributed by atoms with Crippen LogP contribution in [0, 0.1) is 0 Å². The van der Waals surface area contributed by atoms with Crippen LogP contribution in [0.15, 0.2) is 41.8 Å². The first kappa shape index (κ1) is 20.0. The highest BCUT2D eigenvalue weighted by molar-refractivity contribution is 7.99. The molecule has 0 fully saturated rings. The van der Waals surface area contributed by atoms with Gasteiger partial charge in [-0.3, -0.25) is 9.59 Å². The number of carbonyl (C=O) groups is 2. The maximum Gasteiger partial charge on any atom is 0.303 e. The number of rotatable bonds is 10. The minimum atomic E-state index is -0.864. The average molecular weight is 376 g/mol. The molecule has 140 valence electrons. The van der Waals surface area contributed by atoms with Gasteiger partial charge in [0.1, 0.15) is 6.33 Å². The Morgan fingerprint density at radius 1 is 1.27 bits per heavy atom. The van der Waals surface area contributed by atoms with Crippen LogP contribution in [-0.4, -0.2) is 43.5 Å². The van der Waals surface area contributed by atoms with Gasteiger partial charge in [-0.25, -0.2) is 0 Å². The van der Waals surface area contributed by atoms with E-state index in [1.165, 1.54) is 11.8 Å². The molecule has 8 heteroatoms. The van der Waals surface area contributed by atoms with Gasteiger partial charge in [0.2, 0.25) is 5.91 Å². The number of nitrogens with zero attached hydrogens (tertiary/aromatic N) is 3. The second kappa shape index (κ2) is 9.96. The van der Waals surface area contributed by atoms with E-state index >= 15 is 0 Å². The maximum absolute atomic E-state index is 12.3. The molecule has 0 aliphatic carbocycles. The molecule has 0 spiro atoms. The molecule has 1 aromatic heterocycles. The Hall–Kier alpha value is -2.35. The molecule has 0 bridgehead atoms. The van der Waals surface area contributed by atoms with E-state index in [0.717, 1.165) is 5.56 Å². The lowest BCUT2D eigenvalue weighted by Crippen LogP contribution is -2.38. The smallest absolute Gasteiger partial charge is 0.303 e. The van der Waals surface area contributed by atoms with Crippen molar-refractivity contribution in [2.24, 2.45) is 0 Å². The van der Waals surface area contributed by atoms with Gasteiger partial charge in [0.15, 0.2) is 5.16 Å². The van der Waals surface area contributed by atoms with Crippen molar-refractivity contribution in [3.8, 4) is 0 Å². The maximum atomic E-state index is 12.3. The summed E-state index contributed by atoms with van der Waals surface area (Å²) < 4.78 is 1.91. The van der Waals surface area contributed by atoms with Crippen molar-refractivity contribution in [3.63, 3.8) is 0 Å². The third-order valence-corrected chi connectivity index (χ3v) is 4.78. The predicted molar refractivity (Wildman–Crippen MR) is 100 cm³/mol. The van der Waals surface area contributed by atoms with Crippen LogP contribution >= 0.6 is 11.8 Å². The number of carbonyl (C=O) groups excluding carboxylic acids is 1. The molecule has 0 radical (unpaired) electrons. The van der Waals surface area contributed by atoms with Crippen LogP contribution in [0.5, 0.6) is 0 Å². The van der Waals surface area contributed by atoms with Gasteiger partial charge in [0, 0.05) is 18.5 Å². The number of benzene rings is 1. The molecule has 26 heavy (non-hydrogen) atoms. The summed E-state index contributed by atoms with van der Waals surface area (Å²) in [4.78, 5) is 23.2. The van der Waals surface area contributed by atoms with E-state index in [-0.39, 0.29) is 30.2 Å². The van der Waals surface area contributed by atoms with E-state index in [2.05, 4.69) is 15.5 Å². The molecule has 1 aromatic carbocycles. The van der Waals surface area contributed by atoms with Gasteiger partial charge in [0.25, 0.3) is 0 Å². The van der Waals surface area contributed by atoms with Gasteiger partial charge in [-0.15, -0.1) is 10.2 Å². The Bertz CT molecular complexity index is 718. The molecule has 7 nitrogen and oxygen atoms in total. The number of hydrogen-bond acceptors (Lipinski definition) is 5. The summed E-state index contributed by atoms with van der Waals surface area (Å²) in [6.07, 6.45) is 2.66. The summed E-state index contributed by atoms with van der Waals surface area (Å²) in [5.41, 5.74) is 1.07. The van der Waals surface area contributed by atoms with Gasteiger partial charge in [-0.2, -0.15) is 0 Å². The lowest BCUT2D eigenvalue weighted by molar-refractivity contribution is -0.137. The van der Waals surface area contributed by atoms with Gasteiger partial charge < -0.3 is 15.0 Å². The minimum Gasteiger partial charge on any atom is -0.481 e. The predicted octanol–water partition coefficient (Wildman–Crippen LogP) is 2.54. The van der Waals surface area contributed by atoms with Crippen LogP contribution < -0.4 is 5.32 Å². The quantitative estimate of drug-likeness (QED) is 0.619. The fraction of sp³-hybridized carbons (Fsp3) is 0.444. The van der Waals surface area contributed by atoms with Crippen LogP contribution in [0.2, 0.25) is 0 Å². The molecule has 2 N–H and O–H groups in total. The first-order valence-electron chi connectivity index (χ1n) is 8.53. The number of nitrogens with one attached hydrogen (secondary N) is 1. The van der Waals surface area contributed by atoms with E-state index < -0.39 is 5.97 Å². The van der Waals surface area contributed by atoms with Crippen molar-refractivity contribution in [3.05, 3.63) is 42.2 Å². The molecule has 0 saturated heterocycles. The number of hydrogen-bond donors (Lipinski definition) is 2. The molecule has 1 heterocycles. The lowest BCUT2D eigenvalue weighted by Gasteiger charge is -2.18. The highest BCUT2D eigenvalue weighted by Crippen LogP contribution is 2.18.